The van der Waals surface area contributed by atoms with Gasteiger partial charge >= 0.3 is 5.97 Å². The van der Waals surface area contributed by atoms with Crippen molar-refractivity contribution in [3.63, 3.8) is 0 Å². The molecule has 1 aliphatic carbocycles. The quantitative estimate of drug-likeness (QED) is 0.808. The van der Waals surface area contributed by atoms with Crippen LogP contribution >= 0.6 is 11.3 Å². The maximum Gasteiger partial charge on any atom is 0.349 e. The van der Waals surface area contributed by atoms with Crippen LogP contribution in [0.3, 0.4) is 0 Å². The van der Waals surface area contributed by atoms with E-state index in [-0.39, 0.29) is 23.3 Å². The molecule has 1 heterocycles. The minimum atomic E-state index is -0.881. The first-order valence-electron chi connectivity index (χ1n) is 7.59. The molecule has 1 aromatic rings. The number of carbonyl (C=O) groups excluding carboxylic acids is 3. The third-order valence-corrected chi connectivity index (χ3v) is 4.13. The van der Waals surface area contributed by atoms with Gasteiger partial charge in [0.15, 0.2) is 6.10 Å². The maximum absolute atomic E-state index is 12.1. The molecule has 7 heteroatoms. The summed E-state index contributed by atoms with van der Waals surface area (Å²) in [6.07, 6.45) is 0.965. The van der Waals surface area contributed by atoms with E-state index in [1.54, 1.807) is 12.1 Å². The van der Waals surface area contributed by atoms with Crippen molar-refractivity contribution in [1.29, 1.82) is 0 Å². The zero-order valence-electron chi connectivity index (χ0n) is 13.8. The second-order valence-corrected chi connectivity index (χ2v) is 7.80. The summed E-state index contributed by atoms with van der Waals surface area (Å²) in [6, 6.07) is 3.26. The zero-order chi connectivity index (χ0) is 17.2. The van der Waals surface area contributed by atoms with E-state index >= 15 is 0 Å². The van der Waals surface area contributed by atoms with Crippen LogP contribution in [-0.4, -0.2) is 29.4 Å². The van der Waals surface area contributed by atoms with Gasteiger partial charge in [-0.3, -0.25) is 9.59 Å². The van der Waals surface area contributed by atoms with Crippen molar-refractivity contribution in [3.05, 3.63) is 17.0 Å². The van der Waals surface area contributed by atoms with Crippen molar-refractivity contribution in [2.75, 3.05) is 5.32 Å². The molecule has 0 aromatic carbocycles. The van der Waals surface area contributed by atoms with Crippen LogP contribution in [-0.2, 0) is 14.3 Å². The van der Waals surface area contributed by atoms with Crippen LogP contribution in [0.1, 0.15) is 50.2 Å². The molecule has 2 N–H and O–H groups in total. The first kappa shape index (κ1) is 17.5. The van der Waals surface area contributed by atoms with Crippen molar-refractivity contribution in [2.24, 2.45) is 5.92 Å². The van der Waals surface area contributed by atoms with Crippen LogP contribution in [0, 0.1) is 5.92 Å². The van der Waals surface area contributed by atoms with E-state index in [1.807, 2.05) is 20.8 Å². The molecule has 1 fully saturated rings. The number of anilines is 1. The minimum absolute atomic E-state index is 0.00955. The normalized spacial score (nSPS) is 15.7. The third-order valence-electron chi connectivity index (χ3n) is 3.15. The number of ether oxygens (including phenoxy) is 1. The molecular formula is C16H22N2O4S. The Kier molecular flexibility index (Phi) is 5.09. The van der Waals surface area contributed by atoms with Crippen LogP contribution in [0.5, 0.6) is 0 Å². The fourth-order valence-electron chi connectivity index (χ4n) is 1.83. The van der Waals surface area contributed by atoms with E-state index in [0.29, 0.717) is 9.88 Å². The Balaban J connectivity index is 1.88. The molecule has 1 saturated carbocycles. The number of hydrogen-bond acceptors (Lipinski definition) is 5. The number of nitrogens with one attached hydrogen (secondary N) is 2. The van der Waals surface area contributed by atoms with Gasteiger partial charge in [0.05, 0.1) is 5.00 Å². The summed E-state index contributed by atoms with van der Waals surface area (Å²) in [4.78, 5) is 36.0. The molecule has 0 saturated heterocycles. The fourth-order valence-corrected chi connectivity index (χ4v) is 2.62. The molecule has 2 amide bonds. The van der Waals surface area contributed by atoms with Crippen molar-refractivity contribution >= 4 is 34.1 Å². The number of carbonyl (C=O) groups is 3. The molecule has 0 radical (unpaired) electrons. The maximum atomic E-state index is 12.1. The van der Waals surface area contributed by atoms with Gasteiger partial charge in [-0.1, -0.05) is 0 Å². The van der Waals surface area contributed by atoms with Crippen LogP contribution in [0.15, 0.2) is 12.1 Å². The van der Waals surface area contributed by atoms with Crippen molar-refractivity contribution in [3.8, 4) is 0 Å². The highest BCUT2D eigenvalue weighted by Gasteiger charge is 2.30. The Morgan fingerprint density at radius 3 is 2.48 bits per heavy atom. The van der Waals surface area contributed by atoms with Crippen molar-refractivity contribution in [2.45, 2.75) is 52.2 Å². The number of hydrogen-bond donors (Lipinski definition) is 2. The van der Waals surface area contributed by atoms with E-state index in [4.69, 9.17) is 4.74 Å². The van der Waals surface area contributed by atoms with Gasteiger partial charge in [0.25, 0.3) is 5.91 Å². The summed E-state index contributed by atoms with van der Waals surface area (Å²) in [7, 11) is 0. The van der Waals surface area contributed by atoms with Gasteiger partial charge in [0.2, 0.25) is 5.91 Å². The molecular weight excluding hydrogens is 316 g/mol. The van der Waals surface area contributed by atoms with E-state index in [0.717, 1.165) is 24.2 Å². The first-order chi connectivity index (χ1) is 10.7. The lowest BCUT2D eigenvalue weighted by Crippen LogP contribution is -2.46. The summed E-state index contributed by atoms with van der Waals surface area (Å²) < 4.78 is 5.17. The predicted molar refractivity (Wildman–Crippen MR) is 88.4 cm³/mol. The smallest absolute Gasteiger partial charge is 0.349 e. The predicted octanol–water partition coefficient (Wildman–Crippen LogP) is 2.56. The molecule has 1 atom stereocenters. The molecule has 1 aromatic heterocycles. The lowest BCUT2D eigenvalue weighted by molar-refractivity contribution is -0.130. The van der Waals surface area contributed by atoms with Gasteiger partial charge in [-0.2, -0.15) is 0 Å². The highest BCUT2D eigenvalue weighted by atomic mass is 32.1. The van der Waals surface area contributed by atoms with Crippen LogP contribution < -0.4 is 10.6 Å². The third kappa shape index (κ3) is 5.35. The molecule has 0 bridgehead atoms. The van der Waals surface area contributed by atoms with Gasteiger partial charge < -0.3 is 15.4 Å². The minimum Gasteiger partial charge on any atom is -0.448 e. The number of thiophene rings is 1. The van der Waals surface area contributed by atoms with E-state index in [2.05, 4.69) is 10.6 Å². The van der Waals surface area contributed by atoms with Gasteiger partial charge in [0.1, 0.15) is 4.88 Å². The molecule has 0 spiro atoms. The highest BCUT2D eigenvalue weighted by Crippen LogP contribution is 2.31. The van der Waals surface area contributed by atoms with Crippen LogP contribution in [0.4, 0.5) is 5.00 Å². The summed E-state index contributed by atoms with van der Waals surface area (Å²) in [5.41, 5.74) is -0.388. The Morgan fingerprint density at radius 2 is 1.91 bits per heavy atom. The highest BCUT2D eigenvalue weighted by molar-refractivity contribution is 7.18. The standard InChI is InChI=1S/C16H22N2O4S/c1-9(13(19)18-16(2,3)4)22-15(21)11-7-8-12(23-11)17-14(20)10-5-6-10/h7-10H,5-6H2,1-4H3,(H,17,20)(H,18,19). The second kappa shape index (κ2) is 6.70. The van der Waals surface area contributed by atoms with Crippen molar-refractivity contribution in [1.82, 2.24) is 5.32 Å². The zero-order valence-corrected chi connectivity index (χ0v) is 14.6. The summed E-state index contributed by atoms with van der Waals surface area (Å²) >= 11 is 1.14. The van der Waals surface area contributed by atoms with Crippen molar-refractivity contribution < 1.29 is 19.1 Å². The van der Waals surface area contributed by atoms with E-state index < -0.39 is 12.1 Å². The second-order valence-electron chi connectivity index (χ2n) is 6.71. The molecule has 1 aliphatic rings. The van der Waals surface area contributed by atoms with Crippen LogP contribution in [0.2, 0.25) is 0 Å². The number of esters is 1. The Morgan fingerprint density at radius 1 is 1.26 bits per heavy atom. The average molecular weight is 338 g/mol. The Labute approximate surface area is 139 Å². The molecule has 0 aliphatic heterocycles. The Bertz CT molecular complexity index is 614. The fraction of sp³-hybridized carbons (Fsp3) is 0.562. The summed E-state index contributed by atoms with van der Waals surface area (Å²) in [5, 5.41) is 6.15. The topological polar surface area (TPSA) is 84.5 Å². The average Bonchev–Trinajstić information content (AvgIpc) is 3.17. The SMILES string of the molecule is CC(OC(=O)c1ccc(NC(=O)C2CC2)s1)C(=O)NC(C)(C)C. The molecule has 23 heavy (non-hydrogen) atoms. The van der Waals surface area contributed by atoms with Crippen LogP contribution in [0.25, 0.3) is 0 Å². The van der Waals surface area contributed by atoms with Gasteiger partial charge in [-0.15, -0.1) is 11.3 Å². The van der Waals surface area contributed by atoms with E-state index in [9.17, 15) is 14.4 Å². The molecule has 6 nitrogen and oxygen atoms in total. The molecule has 1 unspecified atom stereocenters. The summed E-state index contributed by atoms with van der Waals surface area (Å²) in [5.74, 6) is -0.818. The number of rotatable bonds is 5. The molecule has 2 rings (SSSR count). The van der Waals surface area contributed by atoms with Gasteiger partial charge in [0, 0.05) is 11.5 Å². The first-order valence-corrected chi connectivity index (χ1v) is 8.41. The van der Waals surface area contributed by atoms with Gasteiger partial charge in [-0.25, -0.2) is 4.79 Å². The monoisotopic (exact) mass is 338 g/mol. The largest absolute Gasteiger partial charge is 0.448 e. The van der Waals surface area contributed by atoms with Gasteiger partial charge in [-0.05, 0) is 52.7 Å². The number of amides is 2. The summed E-state index contributed by atoms with van der Waals surface area (Å²) in [6.45, 7) is 7.09. The molecule has 126 valence electrons. The lowest BCUT2D eigenvalue weighted by atomic mass is 10.1. The Hall–Kier alpha value is -1.89. The lowest BCUT2D eigenvalue weighted by Gasteiger charge is -2.23. The van der Waals surface area contributed by atoms with E-state index in [1.165, 1.54) is 6.92 Å².